The summed E-state index contributed by atoms with van der Waals surface area (Å²) in [5.74, 6) is 0. The Labute approximate surface area is 219 Å². The summed E-state index contributed by atoms with van der Waals surface area (Å²) in [4.78, 5) is 20.6. The van der Waals surface area contributed by atoms with Crippen LogP contribution in [0.15, 0.2) is 79.1 Å². The lowest BCUT2D eigenvalue weighted by Gasteiger charge is -2.11. The average molecular weight is 518 g/mol. The highest BCUT2D eigenvalue weighted by Gasteiger charge is 2.07. The average Bonchev–Trinajstić information content (AvgIpc) is 2.86. The molecule has 4 N–H and O–H groups in total. The number of halogens is 2. The molecule has 182 valence electrons. The van der Waals surface area contributed by atoms with Crippen LogP contribution in [0.1, 0.15) is 17.0 Å². The summed E-state index contributed by atoms with van der Waals surface area (Å²) in [5.41, 5.74) is 10.1. The Morgan fingerprint density at radius 3 is 2.17 bits per heavy atom. The van der Waals surface area contributed by atoms with Crippen molar-refractivity contribution in [3.8, 4) is 0 Å². The van der Waals surface area contributed by atoms with Gasteiger partial charge < -0.3 is 16.4 Å². The van der Waals surface area contributed by atoms with Crippen molar-refractivity contribution < 1.29 is 4.79 Å². The molecular formula is C28H25Cl2N5O. The first-order valence-electron chi connectivity index (χ1n) is 11.2. The van der Waals surface area contributed by atoms with E-state index in [1.807, 2.05) is 74.6 Å². The number of nitrogens with zero attached hydrogens (tertiary/aromatic N) is 2. The lowest BCUT2D eigenvalue weighted by molar-refractivity contribution is 0.252. The maximum absolute atomic E-state index is 12.2. The van der Waals surface area contributed by atoms with Crippen LogP contribution in [0, 0.1) is 13.8 Å². The fourth-order valence-corrected chi connectivity index (χ4v) is 4.00. The number of pyridine rings is 2. The van der Waals surface area contributed by atoms with Crippen LogP contribution < -0.4 is 16.4 Å². The van der Waals surface area contributed by atoms with Gasteiger partial charge in [-0.2, -0.15) is 0 Å². The number of urea groups is 1. The summed E-state index contributed by atoms with van der Waals surface area (Å²) < 4.78 is 0. The number of aromatic nitrogens is 2. The van der Waals surface area contributed by atoms with E-state index in [1.54, 1.807) is 18.3 Å². The maximum atomic E-state index is 12.2. The Balaban J connectivity index is 0.000000211. The van der Waals surface area contributed by atoms with E-state index < -0.39 is 0 Å². The van der Waals surface area contributed by atoms with Crippen LogP contribution >= 0.6 is 23.2 Å². The molecule has 0 fully saturated rings. The number of aryl methyl sites for hydroxylation is 2. The summed E-state index contributed by atoms with van der Waals surface area (Å²) in [6.07, 6.45) is 3.64. The number of nitrogen functional groups attached to an aromatic ring is 1. The Morgan fingerprint density at radius 1 is 0.833 bits per heavy atom. The minimum atomic E-state index is -0.289. The second-order valence-corrected chi connectivity index (χ2v) is 9.12. The van der Waals surface area contributed by atoms with E-state index in [1.165, 1.54) is 0 Å². The minimum absolute atomic E-state index is 0.289. The Kier molecular flexibility index (Phi) is 7.88. The van der Waals surface area contributed by atoms with Gasteiger partial charge in [-0.05, 0) is 55.8 Å². The smallest absolute Gasteiger partial charge is 0.319 e. The predicted octanol–water partition coefficient (Wildman–Crippen LogP) is 7.30. The highest BCUT2D eigenvalue weighted by molar-refractivity contribution is 6.42. The molecule has 0 aliphatic rings. The summed E-state index contributed by atoms with van der Waals surface area (Å²) >= 11 is 11.9. The van der Waals surface area contributed by atoms with Crippen molar-refractivity contribution >= 4 is 62.2 Å². The number of hydrogen-bond donors (Lipinski definition) is 3. The van der Waals surface area contributed by atoms with Gasteiger partial charge in [0.15, 0.2) is 0 Å². The van der Waals surface area contributed by atoms with Gasteiger partial charge >= 0.3 is 6.03 Å². The van der Waals surface area contributed by atoms with Gasteiger partial charge in [-0.15, -0.1) is 0 Å². The molecule has 2 heterocycles. The van der Waals surface area contributed by atoms with E-state index in [0.717, 1.165) is 49.9 Å². The molecule has 3 aromatic carbocycles. The van der Waals surface area contributed by atoms with E-state index in [4.69, 9.17) is 28.9 Å². The minimum Gasteiger partial charge on any atom is -0.398 e. The first-order valence-corrected chi connectivity index (χ1v) is 12.0. The Hall–Kier alpha value is -3.87. The number of carbonyl (C=O) groups is 1. The highest BCUT2D eigenvalue weighted by Crippen LogP contribution is 2.24. The summed E-state index contributed by atoms with van der Waals surface area (Å²) in [6, 6.07) is 20.5. The van der Waals surface area contributed by atoms with Gasteiger partial charge in [0, 0.05) is 57.6 Å². The van der Waals surface area contributed by atoms with Crippen LogP contribution in [0.4, 0.5) is 16.2 Å². The molecule has 5 rings (SSSR count). The molecule has 36 heavy (non-hydrogen) atoms. The second-order valence-electron chi connectivity index (χ2n) is 8.30. The molecular weight excluding hydrogens is 493 g/mol. The van der Waals surface area contributed by atoms with Crippen LogP contribution in [0.25, 0.3) is 21.5 Å². The zero-order chi connectivity index (χ0) is 25.7. The molecule has 5 aromatic rings. The van der Waals surface area contributed by atoms with E-state index in [9.17, 15) is 4.79 Å². The molecule has 0 aliphatic carbocycles. The van der Waals surface area contributed by atoms with Gasteiger partial charge in [-0.1, -0.05) is 53.5 Å². The summed E-state index contributed by atoms with van der Waals surface area (Å²) in [5, 5.41) is 10.7. The molecule has 0 spiro atoms. The molecule has 0 atom stereocenters. The quantitative estimate of drug-likeness (QED) is 0.219. The van der Waals surface area contributed by atoms with Gasteiger partial charge in [-0.25, -0.2) is 4.79 Å². The first-order chi connectivity index (χ1) is 17.3. The van der Waals surface area contributed by atoms with Crippen LogP contribution in [0.3, 0.4) is 0 Å². The van der Waals surface area contributed by atoms with E-state index in [2.05, 4.69) is 20.6 Å². The predicted molar refractivity (Wildman–Crippen MR) is 150 cm³/mol. The zero-order valence-electron chi connectivity index (χ0n) is 19.8. The molecule has 2 aromatic heterocycles. The number of nitrogens with one attached hydrogen (secondary N) is 2. The molecule has 0 saturated heterocycles. The highest BCUT2D eigenvalue weighted by atomic mass is 35.5. The van der Waals surface area contributed by atoms with E-state index >= 15 is 0 Å². The van der Waals surface area contributed by atoms with Crippen molar-refractivity contribution in [2.45, 2.75) is 20.4 Å². The number of amides is 2. The molecule has 0 aliphatic heterocycles. The maximum Gasteiger partial charge on any atom is 0.319 e. The standard InChI is InChI=1S/C18H15Cl2N3O.C10H10N2/c1-11-7-14-13(10-21-11)3-2-4-17(14)23-18(24)22-9-12-5-6-15(19)16(20)8-12;1-7-5-9-8(6-12-7)3-2-4-10(9)11/h2-8,10H,9H2,1H3,(H2,22,23,24);2-6H,11H2,1H3. The van der Waals surface area contributed by atoms with E-state index in [-0.39, 0.29) is 6.03 Å². The molecule has 6 nitrogen and oxygen atoms in total. The van der Waals surface area contributed by atoms with Crippen LogP contribution in [-0.4, -0.2) is 16.0 Å². The number of anilines is 2. The van der Waals surface area contributed by atoms with Crippen molar-refractivity contribution in [2.75, 3.05) is 11.1 Å². The summed E-state index contributed by atoms with van der Waals surface area (Å²) in [7, 11) is 0. The molecule has 0 unspecified atom stereocenters. The number of benzene rings is 3. The van der Waals surface area contributed by atoms with Crippen molar-refractivity contribution in [3.05, 3.63) is 106 Å². The second kappa shape index (κ2) is 11.2. The van der Waals surface area contributed by atoms with Crippen molar-refractivity contribution in [3.63, 3.8) is 0 Å². The third kappa shape index (κ3) is 6.22. The Bertz CT molecular complexity index is 1550. The number of carbonyl (C=O) groups excluding carboxylic acids is 1. The fourth-order valence-electron chi connectivity index (χ4n) is 3.68. The first kappa shape index (κ1) is 25.2. The summed E-state index contributed by atoms with van der Waals surface area (Å²) in [6.45, 7) is 4.24. The lowest BCUT2D eigenvalue weighted by Crippen LogP contribution is -2.28. The Morgan fingerprint density at radius 2 is 1.47 bits per heavy atom. The number of nitrogens with two attached hydrogens (primary N) is 1. The third-order valence-electron chi connectivity index (χ3n) is 5.52. The number of rotatable bonds is 3. The van der Waals surface area contributed by atoms with Gasteiger partial charge in [0.2, 0.25) is 0 Å². The van der Waals surface area contributed by atoms with Crippen LogP contribution in [0.5, 0.6) is 0 Å². The number of hydrogen-bond acceptors (Lipinski definition) is 4. The van der Waals surface area contributed by atoms with Crippen LogP contribution in [-0.2, 0) is 6.54 Å². The van der Waals surface area contributed by atoms with Crippen LogP contribution in [0.2, 0.25) is 10.0 Å². The van der Waals surface area contributed by atoms with Crippen molar-refractivity contribution in [1.29, 1.82) is 0 Å². The topological polar surface area (TPSA) is 92.9 Å². The largest absolute Gasteiger partial charge is 0.398 e. The van der Waals surface area contributed by atoms with E-state index in [0.29, 0.717) is 16.6 Å². The molecule has 0 saturated carbocycles. The molecule has 8 heteroatoms. The monoisotopic (exact) mass is 517 g/mol. The number of fused-ring (bicyclic) bond motifs is 2. The van der Waals surface area contributed by atoms with Gasteiger partial charge in [0.1, 0.15) is 0 Å². The van der Waals surface area contributed by atoms with Gasteiger partial charge in [0.05, 0.1) is 15.7 Å². The molecule has 0 bridgehead atoms. The zero-order valence-corrected chi connectivity index (χ0v) is 21.4. The van der Waals surface area contributed by atoms with Gasteiger partial charge in [-0.3, -0.25) is 9.97 Å². The van der Waals surface area contributed by atoms with Crippen molar-refractivity contribution in [1.82, 2.24) is 15.3 Å². The molecule has 0 radical (unpaired) electrons. The lowest BCUT2D eigenvalue weighted by atomic mass is 10.1. The SMILES string of the molecule is Cc1cc2c(N)cccc2cn1.Cc1cc2c(NC(=O)NCc3ccc(Cl)c(Cl)c3)cccc2cn1. The fraction of sp³-hybridized carbons (Fsp3) is 0.107. The van der Waals surface area contributed by atoms with Crippen molar-refractivity contribution in [2.24, 2.45) is 0 Å². The van der Waals surface area contributed by atoms with Gasteiger partial charge in [0.25, 0.3) is 0 Å². The molecule has 2 amide bonds. The normalized spacial score (nSPS) is 10.6. The third-order valence-corrected chi connectivity index (χ3v) is 6.26.